The number of hydrogen-bond acceptors (Lipinski definition) is 1. The Kier molecular flexibility index (Phi) is 1.88. The molecule has 1 saturated heterocycles. The molecule has 1 aliphatic carbocycles. The fourth-order valence-corrected chi connectivity index (χ4v) is 2.73. The maximum Gasteiger partial charge on any atom is 0.0988 e. The molecule has 14 heavy (non-hydrogen) atoms. The Balaban J connectivity index is 1.74. The Bertz CT molecular complexity index is 319. The van der Waals surface area contributed by atoms with Crippen molar-refractivity contribution >= 4 is 0 Å². The van der Waals surface area contributed by atoms with Crippen molar-refractivity contribution in [2.45, 2.75) is 43.8 Å². The number of hydrogen-bond donors (Lipinski definition) is 0. The third-order valence-electron chi connectivity index (χ3n) is 3.57. The Morgan fingerprint density at radius 1 is 1.21 bits per heavy atom. The van der Waals surface area contributed by atoms with Gasteiger partial charge in [0.2, 0.25) is 0 Å². The summed E-state index contributed by atoms with van der Waals surface area (Å²) in [5, 5.41) is 0. The molecule has 2 aliphatic rings. The first-order valence-corrected chi connectivity index (χ1v) is 5.61. The molecule has 1 saturated carbocycles. The molecule has 1 aliphatic heterocycles. The lowest BCUT2D eigenvalue weighted by molar-refractivity contribution is 0.284. The molecule has 0 amide bonds. The van der Waals surface area contributed by atoms with Gasteiger partial charge in [0.25, 0.3) is 0 Å². The van der Waals surface area contributed by atoms with E-state index in [2.05, 4.69) is 30.3 Å². The molecular weight excluding hydrogens is 172 g/mol. The van der Waals surface area contributed by atoms with Crippen LogP contribution < -0.4 is 0 Å². The molecule has 2 unspecified atom stereocenters. The van der Waals surface area contributed by atoms with E-state index in [1.807, 2.05) is 0 Å². The van der Waals surface area contributed by atoms with Gasteiger partial charge in [-0.1, -0.05) is 43.2 Å². The largest absolute Gasteiger partial charge is 0.366 e. The summed E-state index contributed by atoms with van der Waals surface area (Å²) in [6, 6.07) is 10.7. The number of fused-ring (bicyclic) bond motifs is 1. The maximum atomic E-state index is 5.87. The minimum absolute atomic E-state index is 0.250. The summed E-state index contributed by atoms with van der Waals surface area (Å²) in [7, 11) is 0. The van der Waals surface area contributed by atoms with Crippen molar-refractivity contribution in [3.05, 3.63) is 35.9 Å². The highest BCUT2D eigenvalue weighted by molar-refractivity contribution is 5.21. The summed E-state index contributed by atoms with van der Waals surface area (Å²) in [5.74, 6) is 0. The molecule has 1 nitrogen and oxygen atoms in total. The van der Waals surface area contributed by atoms with Crippen molar-refractivity contribution in [2.75, 3.05) is 0 Å². The number of benzene rings is 1. The fourth-order valence-electron chi connectivity index (χ4n) is 2.73. The molecule has 74 valence electrons. The predicted octanol–water partition coefficient (Wildman–Crippen LogP) is 2.94. The highest BCUT2D eigenvalue weighted by Gasteiger charge is 2.56. The molecule has 1 heteroatoms. The molecule has 2 atom stereocenters. The van der Waals surface area contributed by atoms with Gasteiger partial charge in [0.15, 0.2) is 0 Å². The summed E-state index contributed by atoms with van der Waals surface area (Å²) in [4.78, 5) is 0. The van der Waals surface area contributed by atoms with E-state index < -0.39 is 0 Å². The molecule has 0 N–H and O–H groups in total. The van der Waals surface area contributed by atoms with E-state index in [-0.39, 0.29) is 5.60 Å². The highest BCUT2D eigenvalue weighted by Crippen LogP contribution is 2.49. The summed E-state index contributed by atoms with van der Waals surface area (Å²) in [5.41, 5.74) is 1.68. The van der Waals surface area contributed by atoms with Crippen LogP contribution in [0, 0.1) is 0 Å². The van der Waals surface area contributed by atoms with Gasteiger partial charge in [-0.05, 0) is 18.4 Å². The predicted molar refractivity (Wildman–Crippen MR) is 56.2 cm³/mol. The smallest absolute Gasteiger partial charge is 0.0988 e. The summed E-state index contributed by atoms with van der Waals surface area (Å²) < 4.78 is 5.87. The van der Waals surface area contributed by atoms with Crippen LogP contribution in [0.2, 0.25) is 0 Å². The molecule has 1 aromatic carbocycles. The Hall–Kier alpha value is -0.820. The average molecular weight is 188 g/mol. The molecule has 3 rings (SSSR count). The van der Waals surface area contributed by atoms with Crippen LogP contribution in [0.5, 0.6) is 0 Å². The quantitative estimate of drug-likeness (QED) is 0.650. The van der Waals surface area contributed by atoms with Crippen LogP contribution in [0.3, 0.4) is 0 Å². The minimum atomic E-state index is 0.250. The molecule has 0 radical (unpaired) electrons. The Morgan fingerprint density at radius 2 is 2.07 bits per heavy atom. The second-order valence-corrected chi connectivity index (χ2v) is 4.58. The molecule has 1 aromatic rings. The lowest BCUT2D eigenvalue weighted by atomic mass is 9.84. The van der Waals surface area contributed by atoms with Crippen LogP contribution in [0.4, 0.5) is 0 Å². The SMILES string of the molecule is c1ccc(CC23CCCCC2O3)cc1. The van der Waals surface area contributed by atoms with Crippen molar-refractivity contribution in [1.82, 2.24) is 0 Å². The van der Waals surface area contributed by atoms with Crippen molar-refractivity contribution in [3.63, 3.8) is 0 Å². The summed E-state index contributed by atoms with van der Waals surface area (Å²) in [6.07, 6.45) is 6.97. The van der Waals surface area contributed by atoms with Gasteiger partial charge in [0.1, 0.15) is 0 Å². The first-order valence-electron chi connectivity index (χ1n) is 5.61. The zero-order valence-corrected chi connectivity index (χ0v) is 8.41. The summed E-state index contributed by atoms with van der Waals surface area (Å²) in [6.45, 7) is 0. The van der Waals surface area contributed by atoms with Gasteiger partial charge in [-0.25, -0.2) is 0 Å². The first kappa shape index (κ1) is 8.49. The van der Waals surface area contributed by atoms with Gasteiger partial charge in [-0.3, -0.25) is 0 Å². The molecule has 0 spiro atoms. The van der Waals surface area contributed by atoms with E-state index >= 15 is 0 Å². The normalized spacial score (nSPS) is 35.0. The van der Waals surface area contributed by atoms with Gasteiger partial charge in [-0.15, -0.1) is 0 Å². The number of rotatable bonds is 2. The van der Waals surface area contributed by atoms with Crippen molar-refractivity contribution in [1.29, 1.82) is 0 Å². The molecule has 0 bridgehead atoms. The second-order valence-electron chi connectivity index (χ2n) is 4.58. The van der Waals surface area contributed by atoms with E-state index in [0.29, 0.717) is 6.10 Å². The summed E-state index contributed by atoms with van der Waals surface area (Å²) >= 11 is 0. The van der Waals surface area contributed by atoms with Crippen LogP contribution in [0.15, 0.2) is 30.3 Å². The number of epoxide rings is 1. The first-order chi connectivity index (χ1) is 6.89. The number of ether oxygens (including phenoxy) is 1. The zero-order chi connectivity index (χ0) is 9.43. The molecule has 1 heterocycles. The van der Waals surface area contributed by atoms with Crippen LogP contribution in [0.25, 0.3) is 0 Å². The van der Waals surface area contributed by atoms with Gasteiger partial charge in [-0.2, -0.15) is 0 Å². The topological polar surface area (TPSA) is 12.5 Å². The van der Waals surface area contributed by atoms with Crippen molar-refractivity contribution in [2.24, 2.45) is 0 Å². The van der Waals surface area contributed by atoms with Crippen LogP contribution in [-0.4, -0.2) is 11.7 Å². The molecular formula is C13H16O. The average Bonchev–Trinajstić information content (AvgIpc) is 2.93. The van der Waals surface area contributed by atoms with E-state index in [9.17, 15) is 0 Å². The molecule has 0 aromatic heterocycles. The van der Waals surface area contributed by atoms with E-state index in [1.165, 1.54) is 31.2 Å². The third kappa shape index (κ3) is 1.36. The van der Waals surface area contributed by atoms with Gasteiger partial charge in [0, 0.05) is 6.42 Å². The van der Waals surface area contributed by atoms with Gasteiger partial charge < -0.3 is 4.74 Å². The van der Waals surface area contributed by atoms with Crippen LogP contribution >= 0.6 is 0 Å². The van der Waals surface area contributed by atoms with E-state index in [4.69, 9.17) is 4.74 Å². The van der Waals surface area contributed by atoms with Gasteiger partial charge >= 0.3 is 0 Å². The van der Waals surface area contributed by atoms with Crippen LogP contribution in [-0.2, 0) is 11.2 Å². The highest BCUT2D eigenvalue weighted by atomic mass is 16.6. The van der Waals surface area contributed by atoms with Gasteiger partial charge in [0.05, 0.1) is 11.7 Å². The lowest BCUT2D eigenvalue weighted by Crippen LogP contribution is -2.22. The minimum Gasteiger partial charge on any atom is -0.366 e. The maximum absolute atomic E-state index is 5.87. The van der Waals surface area contributed by atoms with E-state index in [0.717, 1.165) is 6.42 Å². The van der Waals surface area contributed by atoms with Crippen LogP contribution in [0.1, 0.15) is 31.2 Å². The Morgan fingerprint density at radius 3 is 2.86 bits per heavy atom. The van der Waals surface area contributed by atoms with E-state index in [1.54, 1.807) is 0 Å². The Labute approximate surface area is 85.1 Å². The standard InChI is InChI=1S/C13H16O/c1-2-6-11(7-3-1)10-13-9-5-4-8-12(13)14-13/h1-3,6-7,12H,4-5,8-10H2. The molecule has 2 fully saturated rings. The lowest BCUT2D eigenvalue weighted by Gasteiger charge is -2.16. The van der Waals surface area contributed by atoms with Crippen molar-refractivity contribution in [3.8, 4) is 0 Å². The zero-order valence-electron chi connectivity index (χ0n) is 8.41. The second kappa shape index (κ2) is 3.09. The monoisotopic (exact) mass is 188 g/mol. The third-order valence-corrected chi connectivity index (χ3v) is 3.57. The fraction of sp³-hybridized carbons (Fsp3) is 0.538. The van der Waals surface area contributed by atoms with Crippen molar-refractivity contribution < 1.29 is 4.74 Å².